The first-order valence-electron chi connectivity index (χ1n) is 8.16. The molecule has 2 rings (SSSR count). The summed E-state index contributed by atoms with van der Waals surface area (Å²) in [6.07, 6.45) is 6.48. The Morgan fingerprint density at radius 3 is 2.39 bits per heavy atom. The first-order chi connectivity index (χ1) is 10.9. The third kappa shape index (κ3) is 5.50. The van der Waals surface area contributed by atoms with Crippen molar-refractivity contribution in [3.05, 3.63) is 29.8 Å². The lowest BCUT2D eigenvalue weighted by Gasteiger charge is -2.22. The molecular weight excluding hydrogens is 332 g/mol. The van der Waals surface area contributed by atoms with E-state index < -0.39 is 10.0 Å². The molecule has 0 spiro atoms. The molecule has 2 atom stereocenters. The average Bonchev–Trinajstić information content (AvgIpc) is 2.47. The minimum Gasteiger partial charge on any atom is -0.267 e. The van der Waals surface area contributed by atoms with E-state index in [0.717, 1.165) is 31.2 Å². The van der Waals surface area contributed by atoms with E-state index in [2.05, 4.69) is 9.71 Å². The second-order valence-electron chi connectivity index (χ2n) is 6.21. The molecule has 0 heterocycles. The SMILES string of the molecule is CC(=N[C@H]1CCCCCC[C@@H]1Cl)NS(=O)(=O)c1ccc(C)cc1. The smallest absolute Gasteiger partial charge is 0.262 e. The van der Waals surface area contributed by atoms with Crippen molar-refractivity contribution in [1.29, 1.82) is 0 Å². The van der Waals surface area contributed by atoms with Crippen LogP contribution in [0, 0.1) is 6.92 Å². The van der Waals surface area contributed by atoms with Gasteiger partial charge in [-0.1, -0.05) is 43.4 Å². The van der Waals surface area contributed by atoms with Crippen LogP contribution in [-0.4, -0.2) is 25.7 Å². The van der Waals surface area contributed by atoms with Gasteiger partial charge < -0.3 is 0 Å². The first kappa shape index (κ1) is 18.3. The number of hydrogen-bond acceptors (Lipinski definition) is 3. The van der Waals surface area contributed by atoms with Crippen molar-refractivity contribution in [2.45, 2.75) is 68.7 Å². The number of sulfonamides is 1. The van der Waals surface area contributed by atoms with Crippen molar-refractivity contribution < 1.29 is 8.42 Å². The lowest BCUT2D eigenvalue weighted by atomic mass is 9.97. The van der Waals surface area contributed by atoms with Crippen LogP contribution in [0.15, 0.2) is 34.2 Å². The molecule has 0 bridgehead atoms. The number of nitrogens with zero attached hydrogens (tertiary/aromatic N) is 1. The normalized spacial score (nSPS) is 23.9. The molecule has 1 aliphatic rings. The molecule has 1 saturated carbocycles. The second-order valence-corrected chi connectivity index (χ2v) is 8.45. The topological polar surface area (TPSA) is 58.5 Å². The maximum atomic E-state index is 12.4. The Hall–Kier alpha value is -1.07. The highest BCUT2D eigenvalue weighted by molar-refractivity contribution is 7.90. The number of nitrogens with one attached hydrogen (secondary N) is 1. The summed E-state index contributed by atoms with van der Waals surface area (Å²) < 4.78 is 27.3. The van der Waals surface area contributed by atoms with Gasteiger partial charge in [-0.15, -0.1) is 11.6 Å². The van der Waals surface area contributed by atoms with Crippen LogP contribution >= 0.6 is 11.6 Å². The fourth-order valence-electron chi connectivity index (χ4n) is 2.81. The fourth-order valence-corrected chi connectivity index (χ4v) is 4.20. The van der Waals surface area contributed by atoms with Gasteiger partial charge in [-0.25, -0.2) is 8.42 Å². The van der Waals surface area contributed by atoms with Gasteiger partial charge in [-0.2, -0.15) is 0 Å². The number of halogens is 1. The highest BCUT2D eigenvalue weighted by atomic mass is 35.5. The van der Waals surface area contributed by atoms with Crippen molar-refractivity contribution in [2.24, 2.45) is 4.99 Å². The molecule has 0 saturated heterocycles. The minimum atomic E-state index is -3.58. The predicted molar refractivity (Wildman–Crippen MR) is 95.7 cm³/mol. The van der Waals surface area contributed by atoms with E-state index in [-0.39, 0.29) is 16.3 Å². The average molecular weight is 357 g/mol. The summed E-state index contributed by atoms with van der Waals surface area (Å²) >= 11 is 6.43. The van der Waals surface area contributed by atoms with Crippen molar-refractivity contribution in [3.63, 3.8) is 0 Å². The van der Waals surface area contributed by atoms with Crippen LogP contribution in [0.4, 0.5) is 0 Å². The highest BCUT2D eigenvalue weighted by Gasteiger charge is 2.21. The fraction of sp³-hybridized carbons (Fsp3) is 0.588. The first-order valence-corrected chi connectivity index (χ1v) is 10.1. The van der Waals surface area contributed by atoms with Crippen LogP contribution in [-0.2, 0) is 10.0 Å². The molecular formula is C17H25ClN2O2S. The van der Waals surface area contributed by atoms with Gasteiger partial charge in [0.05, 0.1) is 16.3 Å². The van der Waals surface area contributed by atoms with E-state index in [4.69, 9.17) is 11.6 Å². The van der Waals surface area contributed by atoms with E-state index >= 15 is 0 Å². The molecule has 1 aromatic carbocycles. The van der Waals surface area contributed by atoms with Crippen molar-refractivity contribution >= 4 is 27.5 Å². The Kier molecular flexibility index (Phi) is 6.48. The summed E-state index contributed by atoms with van der Waals surface area (Å²) in [6, 6.07) is 6.75. The van der Waals surface area contributed by atoms with Gasteiger partial charge in [-0.3, -0.25) is 9.71 Å². The van der Waals surface area contributed by atoms with Gasteiger partial charge in [0.1, 0.15) is 5.84 Å². The third-order valence-electron chi connectivity index (χ3n) is 4.12. The molecule has 1 aromatic rings. The molecule has 1 N–H and O–H groups in total. The van der Waals surface area contributed by atoms with Gasteiger partial charge >= 0.3 is 0 Å². The van der Waals surface area contributed by atoms with Gasteiger partial charge in [0.15, 0.2) is 0 Å². The Morgan fingerprint density at radius 2 is 1.74 bits per heavy atom. The summed E-state index contributed by atoms with van der Waals surface area (Å²) in [5.41, 5.74) is 1.02. The number of amidine groups is 1. The van der Waals surface area contributed by atoms with Gasteiger partial charge in [-0.05, 0) is 38.8 Å². The number of hydrogen-bond donors (Lipinski definition) is 1. The molecule has 23 heavy (non-hydrogen) atoms. The van der Waals surface area contributed by atoms with Crippen molar-refractivity contribution in [1.82, 2.24) is 4.72 Å². The van der Waals surface area contributed by atoms with E-state index in [1.54, 1.807) is 31.2 Å². The lowest BCUT2D eigenvalue weighted by molar-refractivity contribution is 0.460. The third-order valence-corrected chi connectivity index (χ3v) is 6.09. The maximum absolute atomic E-state index is 12.4. The highest BCUT2D eigenvalue weighted by Crippen LogP contribution is 2.24. The van der Waals surface area contributed by atoms with Crippen LogP contribution in [0.3, 0.4) is 0 Å². The molecule has 0 aliphatic heterocycles. The van der Waals surface area contributed by atoms with E-state index in [0.29, 0.717) is 5.84 Å². The summed E-state index contributed by atoms with van der Waals surface area (Å²) in [7, 11) is -3.58. The minimum absolute atomic E-state index is 0.0160. The van der Waals surface area contributed by atoms with Crippen LogP contribution in [0.1, 0.15) is 51.0 Å². The van der Waals surface area contributed by atoms with Crippen molar-refractivity contribution in [3.8, 4) is 0 Å². The monoisotopic (exact) mass is 356 g/mol. The van der Waals surface area contributed by atoms with Crippen LogP contribution < -0.4 is 4.72 Å². The molecule has 0 amide bonds. The molecule has 1 aliphatic carbocycles. The molecule has 4 nitrogen and oxygen atoms in total. The summed E-state index contributed by atoms with van der Waals surface area (Å²) in [4.78, 5) is 4.79. The molecule has 1 fully saturated rings. The molecule has 0 aromatic heterocycles. The van der Waals surface area contributed by atoms with Crippen LogP contribution in [0.25, 0.3) is 0 Å². The Bertz CT molecular complexity index is 641. The number of rotatable bonds is 3. The number of aliphatic imine (C=N–C) groups is 1. The van der Waals surface area contributed by atoms with Gasteiger partial charge in [0, 0.05) is 0 Å². The quantitative estimate of drug-likeness (QED) is 0.505. The lowest BCUT2D eigenvalue weighted by Crippen LogP contribution is -2.31. The zero-order valence-corrected chi connectivity index (χ0v) is 15.3. The maximum Gasteiger partial charge on any atom is 0.262 e. The zero-order valence-electron chi connectivity index (χ0n) is 13.8. The van der Waals surface area contributed by atoms with Crippen LogP contribution in [0.5, 0.6) is 0 Å². The van der Waals surface area contributed by atoms with E-state index in [1.165, 1.54) is 12.8 Å². The van der Waals surface area contributed by atoms with E-state index in [1.807, 2.05) is 6.92 Å². The van der Waals surface area contributed by atoms with E-state index in [9.17, 15) is 8.42 Å². The summed E-state index contributed by atoms with van der Waals surface area (Å²) in [6.45, 7) is 3.61. The van der Waals surface area contributed by atoms with Gasteiger partial charge in [0.25, 0.3) is 10.0 Å². The van der Waals surface area contributed by atoms with Gasteiger partial charge in [0.2, 0.25) is 0 Å². The van der Waals surface area contributed by atoms with Crippen LogP contribution in [0.2, 0.25) is 0 Å². The summed E-state index contributed by atoms with van der Waals surface area (Å²) in [5, 5.41) is -0.0193. The van der Waals surface area contributed by atoms with Crippen molar-refractivity contribution in [2.75, 3.05) is 0 Å². The Labute approximate surface area is 144 Å². The Balaban J connectivity index is 2.09. The zero-order chi connectivity index (χ0) is 16.9. The number of benzene rings is 1. The predicted octanol–water partition coefficient (Wildman–Crippen LogP) is 4.02. The molecule has 0 unspecified atom stereocenters. The molecule has 6 heteroatoms. The molecule has 0 radical (unpaired) electrons. The Morgan fingerprint density at radius 1 is 1.13 bits per heavy atom. The largest absolute Gasteiger partial charge is 0.267 e. The standard InChI is InChI=1S/C17H25ClN2O2S/c1-13-9-11-15(12-10-13)23(21,22)20-14(2)19-17-8-6-4-3-5-7-16(17)18/h9-12,16-17H,3-8H2,1-2H3,(H,19,20)/t16-,17-/m0/s1. The second kappa shape index (κ2) is 8.15. The summed E-state index contributed by atoms with van der Waals surface area (Å²) in [5.74, 6) is 0.404. The number of alkyl halides is 1. The molecule has 128 valence electrons. The number of aryl methyl sites for hydroxylation is 1.